The average Bonchev–Trinajstić information content (AvgIpc) is 3.48. The van der Waals surface area contributed by atoms with Gasteiger partial charge in [0.1, 0.15) is 20.8 Å². The van der Waals surface area contributed by atoms with Crippen LogP contribution in [0.5, 0.6) is 11.5 Å². The molecule has 2 aliphatic heterocycles. The van der Waals surface area contributed by atoms with Gasteiger partial charge in [-0.1, -0.05) is 29.8 Å². The van der Waals surface area contributed by atoms with Gasteiger partial charge in [-0.15, -0.1) is 11.3 Å². The van der Waals surface area contributed by atoms with E-state index in [0.717, 1.165) is 34.7 Å². The number of amides is 2. The molecule has 2 aliphatic rings. The zero-order chi connectivity index (χ0) is 23.2. The molecule has 1 spiro atoms. The van der Waals surface area contributed by atoms with Crippen LogP contribution < -0.4 is 9.64 Å². The standard InChI is InChI=1S/C25H24ClN3O3S/c1-16-5-3-4-6-21(16)32-18-7-8-20-19(11-18)25(9-10-28(14-25)17(2)30)15-29(20)24(31)12-23-27-13-22(26)33-23/h3-8,11,13H,9-10,12,14-15H2,1-2H3. The number of thiazole rings is 1. The van der Waals surface area contributed by atoms with Gasteiger partial charge in [0.05, 0.1) is 12.6 Å². The first kappa shape index (κ1) is 21.9. The van der Waals surface area contributed by atoms with Crippen molar-refractivity contribution >= 4 is 40.4 Å². The molecule has 0 saturated carbocycles. The quantitative estimate of drug-likeness (QED) is 0.527. The van der Waals surface area contributed by atoms with Crippen LogP contribution in [-0.4, -0.2) is 41.3 Å². The molecular weight excluding hydrogens is 458 g/mol. The maximum Gasteiger partial charge on any atom is 0.233 e. The third kappa shape index (κ3) is 4.11. The van der Waals surface area contributed by atoms with E-state index in [4.69, 9.17) is 16.3 Å². The molecule has 2 amide bonds. The number of ether oxygens (including phenoxy) is 1. The number of benzene rings is 2. The number of nitrogens with zero attached hydrogens (tertiary/aromatic N) is 3. The molecule has 0 radical (unpaired) electrons. The fourth-order valence-corrected chi connectivity index (χ4v) is 5.76. The fourth-order valence-electron chi connectivity index (χ4n) is 4.82. The van der Waals surface area contributed by atoms with Gasteiger partial charge in [0.2, 0.25) is 11.8 Å². The van der Waals surface area contributed by atoms with E-state index in [0.29, 0.717) is 29.0 Å². The maximum absolute atomic E-state index is 13.3. The predicted octanol–water partition coefficient (Wildman–Crippen LogP) is 4.98. The van der Waals surface area contributed by atoms with E-state index in [-0.39, 0.29) is 23.7 Å². The molecule has 3 aromatic rings. The highest BCUT2D eigenvalue weighted by Gasteiger charge is 2.49. The summed E-state index contributed by atoms with van der Waals surface area (Å²) in [5.74, 6) is 1.57. The lowest BCUT2D eigenvalue weighted by atomic mass is 9.81. The number of aromatic nitrogens is 1. The molecule has 1 saturated heterocycles. The molecule has 1 fully saturated rings. The number of halogens is 1. The second kappa shape index (κ2) is 8.47. The summed E-state index contributed by atoms with van der Waals surface area (Å²) < 4.78 is 6.77. The van der Waals surface area contributed by atoms with Crippen LogP contribution in [0.1, 0.15) is 29.5 Å². The molecule has 0 bridgehead atoms. The predicted molar refractivity (Wildman–Crippen MR) is 129 cm³/mol. The van der Waals surface area contributed by atoms with Gasteiger partial charge in [-0.3, -0.25) is 9.59 Å². The lowest BCUT2D eigenvalue weighted by Crippen LogP contribution is -2.40. The van der Waals surface area contributed by atoms with E-state index in [1.54, 1.807) is 13.1 Å². The van der Waals surface area contributed by atoms with Crippen LogP contribution in [0.15, 0.2) is 48.7 Å². The third-order valence-electron chi connectivity index (χ3n) is 6.54. The molecule has 2 aromatic carbocycles. The van der Waals surface area contributed by atoms with Crippen LogP contribution in [0.2, 0.25) is 4.34 Å². The number of hydrogen-bond acceptors (Lipinski definition) is 5. The highest BCUT2D eigenvalue weighted by molar-refractivity contribution is 7.15. The Balaban J connectivity index is 1.49. The highest BCUT2D eigenvalue weighted by Crippen LogP contribution is 2.48. The molecule has 3 heterocycles. The first-order valence-electron chi connectivity index (χ1n) is 10.9. The number of fused-ring (bicyclic) bond motifs is 2. The van der Waals surface area contributed by atoms with E-state index < -0.39 is 0 Å². The van der Waals surface area contributed by atoms with E-state index in [1.165, 1.54) is 11.3 Å². The van der Waals surface area contributed by atoms with Gasteiger partial charge in [0.25, 0.3) is 0 Å². The molecule has 0 N–H and O–H groups in total. The van der Waals surface area contributed by atoms with Gasteiger partial charge in [-0.05, 0) is 48.7 Å². The molecule has 1 aromatic heterocycles. The summed E-state index contributed by atoms with van der Waals surface area (Å²) in [6.45, 7) is 5.43. The van der Waals surface area contributed by atoms with Crippen molar-refractivity contribution in [1.82, 2.24) is 9.88 Å². The number of aryl methyl sites for hydroxylation is 1. The minimum absolute atomic E-state index is 0.0204. The highest BCUT2D eigenvalue weighted by atomic mass is 35.5. The summed E-state index contributed by atoms with van der Waals surface area (Å²) >= 11 is 7.33. The Morgan fingerprint density at radius 1 is 1.21 bits per heavy atom. The van der Waals surface area contributed by atoms with Crippen LogP contribution >= 0.6 is 22.9 Å². The molecule has 33 heavy (non-hydrogen) atoms. The maximum atomic E-state index is 13.3. The smallest absolute Gasteiger partial charge is 0.233 e. The molecule has 0 aliphatic carbocycles. The summed E-state index contributed by atoms with van der Waals surface area (Å²) in [7, 11) is 0. The lowest BCUT2D eigenvalue weighted by Gasteiger charge is -2.25. The van der Waals surface area contributed by atoms with Crippen molar-refractivity contribution in [3.05, 3.63) is 69.1 Å². The van der Waals surface area contributed by atoms with Crippen LogP contribution in [0.25, 0.3) is 0 Å². The van der Waals surface area contributed by atoms with Gasteiger partial charge in [0.15, 0.2) is 0 Å². The van der Waals surface area contributed by atoms with E-state index >= 15 is 0 Å². The first-order valence-corrected chi connectivity index (χ1v) is 12.1. The molecule has 6 nitrogen and oxygen atoms in total. The summed E-state index contributed by atoms with van der Waals surface area (Å²) in [6, 6.07) is 13.8. The van der Waals surface area contributed by atoms with Crippen molar-refractivity contribution in [2.45, 2.75) is 32.1 Å². The molecule has 1 atom stereocenters. The minimum atomic E-state index is -0.303. The molecule has 5 rings (SSSR count). The molecular formula is C25H24ClN3O3S. The largest absolute Gasteiger partial charge is 0.457 e. The Kier molecular flexibility index (Phi) is 5.62. The zero-order valence-electron chi connectivity index (χ0n) is 18.5. The SMILES string of the molecule is CC(=O)N1CCC2(C1)CN(C(=O)Cc1ncc(Cl)s1)c1ccc(Oc3ccccc3C)cc12. The van der Waals surface area contributed by atoms with Crippen molar-refractivity contribution in [2.75, 3.05) is 24.5 Å². The molecule has 8 heteroatoms. The summed E-state index contributed by atoms with van der Waals surface area (Å²) in [4.78, 5) is 33.4. The van der Waals surface area contributed by atoms with E-state index in [9.17, 15) is 9.59 Å². The van der Waals surface area contributed by atoms with Crippen molar-refractivity contribution in [3.8, 4) is 11.5 Å². The lowest BCUT2D eigenvalue weighted by molar-refractivity contribution is -0.127. The normalized spacial score (nSPS) is 19.2. The van der Waals surface area contributed by atoms with Crippen LogP contribution in [0, 0.1) is 6.92 Å². The van der Waals surface area contributed by atoms with Crippen molar-refractivity contribution in [2.24, 2.45) is 0 Å². The van der Waals surface area contributed by atoms with Crippen LogP contribution in [-0.2, 0) is 21.4 Å². The number of anilines is 1. The number of carbonyl (C=O) groups is 2. The minimum Gasteiger partial charge on any atom is -0.457 e. The number of carbonyl (C=O) groups excluding carboxylic acids is 2. The van der Waals surface area contributed by atoms with E-state index in [1.807, 2.05) is 59.2 Å². The van der Waals surface area contributed by atoms with Gasteiger partial charge < -0.3 is 14.5 Å². The van der Waals surface area contributed by atoms with E-state index in [2.05, 4.69) is 4.98 Å². The Labute approximate surface area is 201 Å². The fraction of sp³-hybridized carbons (Fsp3) is 0.320. The van der Waals surface area contributed by atoms with Crippen LogP contribution in [0.3, 0.4) is 0 Å². The summed E-state index contributed by atoms with van der Waals surface area (Å²) in [5, 5.41) is 0.698. The molecule has 1 unspecified atom stereocenters. The summed E-state index contributed by atoms with van der Waals surface area (Å²) in [5.41, 5.74) is 2.69. The third-order valence-corrected chi connectivity index (χ3v) is 7.66. The number of rotatable bonds is 4. The number of para-hydroxylation sites is 1. The van der Waals surface area contributed by atoms with Gasteiger partial charge >= 0.3 is 0 Å². The van der Waals surface area contributed by atoms with Crippen molar-refractivity contribution in [1.29, 1.82) is 0 Å². The Bertz CT molecular complexity index is 1240. The number of likely N-dealkylation sites (tertiary alicyclic amines) is 1. The second-order valence-electron chi connectivity index (χ2n) is 8.73. The topological polar surface area (TPSA) is 62.7 Å². The van der Waals surface area contributed by atoms with Crippen LogP contribution in [0.4, 0.5) is 5.69 Å². The number of hydrogen-bond donors (Lipinski definition) is 0. The average molecular weight is 482 g/mol. The van der Waals surface area contributed by atoms with Gasteiger partial charge in [0, 0.05) is 37.7 Å². The zero-order valence-corrected chi connectivity index (χ0v) is 20.1. The van der Waals surface area contributed by atoms with Crippen molar-refractivity contribution in [3.63, 3.8) is 0 Å². The van der Waals surface area contributed by atoms with Gasteiger partial charge in [-0.2, -0.15) is 0 Å². The Morgan fingerprint density at radius 2 is 2.03 bits per heavy atom. The molecule has 170 valence electrons. The Morgan fingerprint density at radius 3 is 2.73 bits per heavy atom. The second-order valence-corrected chi connectivity index (χ2v) is 10.5. The Hall–Kier alpha value is -2.90. The van der Waals surface area contributed by atoms with Crippen molar-refractivity contribution < 1.29 is 14.3 Å². The summed E-state index contributed by atoms with van der Waals surface area (Å²) in [6.07, 6.45) is 2.58. The monoisotopic (exact) mass is 481 g/mol. The van der Waals surface area contributed by atoms with Gasteiger partial charge in [-0.25, -0.2) is 4.98 Å². The first-order chi connectivity index (χ1) is 15.8.